The van der Waals surface area contributed by atoms with E-state index in [1.54, 1.807) is 4.90 Å². The van der Waals surface area contributed by atoms with Gasteiger partial charge in [-0.1, -0.05) is 12.5 Å². The monoisotopic (exact) mass is 331 g/mol. The van der Waals surface area contributed by atoms with Crippen molar-refractivity contribution in [2.45, 2.75) is 44.3 Å². The predicted molar refractivity (Wildman–Crippen MR) is 90.2 cm³/mol. The summed E-state index contributed by atoms with van der Waals surface area (Å²) in [6.45, 7) is 3.13. The molecule has 0 bridgehead atoms. The molecule has 130 valence electrons. The zero-order valence-corrected chi connectivity index (χ0v) is 14.2. The molecule has 1 N–H and O–H groups in total. The van der Waals surface area contributed by atoms with Crippen LogP contribution in [0.3, 0.4) is 0 Å². The highest BCUT2D eigenvalue weighted by Gasteiger charge is 2.36. The van der Waals surface area contributed by atoms with Crippen LogP contribution >= 0.6 is 0 Å². The Morgan fingerprint density at radius 1 is 1.25 bits per heavy atom. The number of hydrogen-bond acceptors (Lipinski definition) is 4. The Kier molecular flexibility index (Phi) is 4.22. The summed E-state index contributed by atoms with van der Waals surface area (Å²) < 4.78 is 10.7. The van der Waals surface area contributed by atoms with Gasteiger partial charge in [-0.15, -0.1) is 0 Å². The Morgan fingerprint density at radius 3 is 3.04 bits per heavy atom. The summed E-state index contributed by atoms with van der Waals surface area (Å²) in [7, 11) is 1.84. The number of urea groups is 1. The van der Waals surface area contributed by atoms with Crippen LogP contribution in [0.15, 0.2) is 18.2 Å². The Balaban J connectivity index is 1.34. The van der Waals surface area contributed by atoms with Gasteiger partial charge in [-0.3, -0.25) is 4.90 Å². The van der Waals surface area contributed by atoms with E-state index in [1.165, 1.54) is 25.8 Å². The number of amides is 2. The molecule has 24 heavy (non-hydrogen) atoms. The number of carbonyl (C=O) groups excluding carboxylic acids is 1. The van der Waals surface area contributed by atoms with Crippen LogP contribution in [0.5, 0.6) is 11.5 Å². The van der Waals surface area contributed by atoms with Gasteiger partial charge in [-0.25, -0.2) is 4.79 Å². The molecule has 6 nitrogen and oxygen atoms in total. The second kappa shape index (κ2) is 6.51. The number of nitrogens with zero attached hydrogens (tertiary/aromatic N) is 2. The van der Waals surface area contributed by atoms with E-state index in [9.17, 15) is 4.79 Å². The van der Waals surface area contributed by atoms with Gasteiger partial charge < -0.3 is 19.7 Å². The molecule has 2 saturated heterocycles. The van der Waals surface area contributed by atoms with Gasteiger partial charge >= 0.3 is 6.03 Å². The Hall–Kier alpha value is -1.95. The average molecular weight is 331 g/mol. The fourth-order valence-corrected chi connectivity index (χ4v) is 4.07. The predicted octanol–water partition coefficient (Wildman–Crippen LogP) is 2.18. The van der Waals surface area contributed by atoms with Crippen molar-refractivity contribution in [1.29, 1.82) is 0 Å². The summed E-state index contributed by atoms with van der Waals surface area (Å²) in [6.07, 6.45) is 4.84. The fourth-order valence-electron chi connectivity index (χ4n) is 4.07. The zero-order chi connectivity index (χ0) is 16.5. The maximum Gasteiger partial charge on any atom is 0.317 e. The van der Waals surface area contributed by atoms with E-state index in [4.69, 9.17) is 9.47 Å². The topological polar surface area (TPSA) is 54.0 Å². The minimum Gasteiger partial charge on any atom is -0.454 e. The molecule has 1 aromatic carbocycles. The Bertz CT molecular complexity index is 622. The van der Waals surface area contributed by atoms with Crippen LogP contribution in [0.1, 0.15) is 31.2 Å². The van der Waals surface area contributed by atoms with Crippen molar-refractivity contribution < 1.29 is 14.3 Å². The quantitative estimate of drug-likeness (QED) is 0.922. The molecule has 1 aromatic rings. The molecule has 4 rings (SSSR count). The lowest BCUT2D eigenvalue weighted by Gasteiger charge is -2.33. The molecule has 0 aliphatic carbocycles. The van der Waals surface area contributed by atoms with E-state index >= 15 is 0 Å². The van der Waals surface area contributed by atoms with E-state index in [1.807, 2.05) is 25.2 Å². The van der Waals surface area contributed by atoms with Gasteiger partial charge in [0.15, 0.2) is 11.5 Å². The largest absolute Gasteiger partial charge is 0.454 e. The molecular formula is C18H25N3O3. The minimum absolute atomic E-state index is 0.00471. The first kappa shape index (κ1) is 15.6. The first-order valence-corrected chi connectivity index (χ1v) is 8.85. The molecule has 2 unspecified atom stereocenters. The number of benzene rings is 1. The lowest BCUT2D eigenvalue weighted by Crippen LogP contribution is -2.49. The molecule has 2 atom stereocenters. The summed E-state index contributed by atoms with van der Waals surface area (Å²) in [5.74, 6) is 1.53. The highest BCUT2D eigenvalue weighted by molar-refractivity contribution is 5.74. The van der Waals surface area contributed by atoms with Gasteiger partial charge in [0.25, 0.3) is 0 Å². The van der Waals surface area contributed by atoms with E-state index < -0.39 is 0 Å². The van der Waals surface area contributed by atoms with Crippen molar-refractivity contribution in [1.82, 2.24) is 15.1 Å². The molecule has 3 aliphatic rings. The number of rotatable bonds is 3. The summed E-state index contributed by atoms with van der Waals surface area (Å²) >= 11 is 0. The normalized spacial score (nSPS) is 25.4. The van der Waals surface area contributed by atoms with Crippen LogP contribution in [-0.4, -0.2) is 54.8 Å². The molecule has 3 aliphatic heterocycles. The number of fused-ring (bicyclic) bond motifs is 2. The lowest BCUT2D eigenvalue weighted by atomic mass is 9.99. The molecular weight excluding hydrogens is 306 g/mol. The number of hydrogen-bond donors (Lipinski definition) is 1. The summed E-state index contributed by atoms with van der Waals surface area (Å²) in [5.41, 5.74) is 1.04. The van der Waals surface area contributed by atoms with Crippen molar-refractivity contribution in [3.8, 4) is 11.5 Å². The second-order valence-corrected chi connectivity index (χ2v) is 6.99. The first-order valence-electron chi connectivity index (χ1n) is 8.85. The molecule has 0 radical (unpaired) electrons. The van der Waals surface area contributed by atoms with Crippen molar-refractivity contribution in [3.63, 3.8) is 0 Å². The number of carbonyl (C=O) groups is 1. The van der Waals surface area contributed by atoms with E-state index in [0.29, 0.717) is 12.6 Å². The summed E-state index contributed by atoms with van der Waals surface area (Å²) in [6, 6.07) is 6.66. The van der Waals surface area contributed by atoms with Gasteiger partial charge in [-0.2, -0.15) is 0 Å². The standard InChI is InChI=1S/C18H25N3O3/c1-20(11-13-5-6-16-17(10-13)24-12-23-16)18(22)19-14-7-9-21-8-3-2-4-15(14)21/h5-6,10,14-15H,2-4,7-9,11-12H2,1H3,(H,19,22). The molecule has 0 spiro atoms. The third-order valence-electron chi connectivity index (χ3n) is 5.37. The zero-order valence-electron chi connectivity index (χ0n) is 14.2. The highest BCUT2D eigenvalue weighted by atomic mass is 16.7. The minimum atomic E-state index is 0.00471. The highest BCUT2D eigenvalue weighted by Crippen LogP contribution is 2.33. The smallest absolute Gasteiger partial charge is 0.317 e. The maximum atomic E-state index is 12.6. The third kappa shape index (κ3) is 3.02. The van der Waals surface area contributed by atoms with Crippen LogP contribution in [0.4, 0.5) is 4.79 Å². The summed E-state index contributed by atoms with van der Waals surface area (Å²) in [4.78, 5) is 16.8. The van der Waals surface area contributed by atoms with E-state index in [2.05, 4.69) is 10.2 Å². The van der Waals surface area contributed by atoms with Gasteiger partial charge in [0.05, 0.1) is 0 Å². The van der Waals surface area contributed by atoms with E-state index in [-0.39, 0.29) is 18.9 Å². The maximum absolute atomic E-state index is 12.6. The van der Waals surface area contributed by atoms with Crippen LogP contribution in [0, 0.1) is 0 Å². The van der Waals surface area contributed by atoms with Crippen molar-refractivity contribution in [2.75, 3.05) is 26.9 Å². The molecule has 0 aromatic heterocycles. The lowest BCUT2D eigenvalue weighted by molar-refractivity contribution is 0.170. The second-order valence-electron chi connectivity index (χ2n) is 6.99. The molecule has 0 saturated carbocycles. The Labute approximate surface area is 142 Å². The van der Waals surface area contributed by atoms with Crippen LogP contribution in [0.25, 0.3) is 0 Å². The van der Waals surface area contributed by atoms with Gasteiger partial charge in [-0.05, 0) is 43.5 Å². The molecule has 6 heteroatoms. The number of nitrogens with one attached hydrogen (secondary N) is 1. The third-order valence-corrected chi connectivity index (χ3v) is 5.37. The van der Waals surface area contributed by atoms with Crippen LogP contribution in [-0.2, 0) is 6.54 Å². The first-order chi connectivity index (χ1) is 11.7. The number of piperidine rings is 1. The van der Waals surface area contributed by atoms with Crippen LogP contribution < -0.4 is 14.8 Å². The van der Waals surface area contributed by atoms with Gasteiger partial charge in [0, 0.05) is 32.2 Å². The fraction of sp³-hybridized carbons (Fsp3) is 0.611. The van der Waals surface area contributed by atoms with Gasteiger partial charge in [0.2, 0.25) is 6.79 Å². The van der Waals surface area contributed by atoms with E-state index in [0.717, 1.165) is 30.0 Å². The van der Waals surface area contributed by atoms with Crippen molar-refractivity contribution >= 4 is 6.03 Å². The van der Waals surface area contributed by atoms with Gasteiger partial charge in [0.1, 0.15) is 0 Å². The van der Waals surface area contributed by atoms with Crippen molar-refractivity contribution in [3.05, 3.63) is 23.8 Å². The average Bonchev–Trinajstić information content (AvgIpc) is 3.21. The SMILES string of the molecule is CN(Cc1ccc2c(c1)OCO2)C(=O)NC1CCN2CCCCC12. The van der Waals surface area contributed by atoms with Crippen molar-refractivity contribution in [2.24, 2.45) is 0 Å². The molecule has 2 fully saturated rings. The molecule has 3 heterocycles. The molecule has 2 amide bonds. The summed E-state index contributed by atoms with van der Waals surface area (Å²) in [5, 5.41) is 3.24. The Morgan fingerprint density at radius 2 is 2.12 bits per heavy atom. The van der Waals surface area contributed by atoms with Crippen LogP contribution in [0.2, 0.25) is 0 Å². The number of ether oxygens (including phenoxy) is 2.